The van der Waals surface area contributed by atoms with Crippen molar-refractivity contribution in [2.45, 2.75) is 19.7 Å². The molecule has 0 unspecified atom stereocenters. The van der Waals surface area contributed by atoms with Gasteiger partial charge in [0.25, 0.3) is 0 Å². The summed E-state index contributed by atoms with van der Waals surface area (Å²) in [4.78, 5) is 0. The molecule has 1 N–H and O–H groups in total. The van der Waals surface area contributed by atoms with E-state index in [1.807, 2.05) is 12.1 Å². The van der Waals surface area contributed by atoms with Crippen molar-refractivity contribution in [3.8, 4) is 17.2 Å². The summed E-state index contributed by atoms with van der Waals surface area (Å²) in [7, 11) is 3.35. The van der Waals surface area contributed by atoms with Crippen molar-refractivity contribution in [3.63, 3.8) is 0 Å². The second kappa shape index (κ2) is 8.04. The molecule has 0 aliphatic carbocycles. The van der Waals surface area contributed by atoms with Crippen LogP contribution in [0.1, 0.15) is 16.7 Å². The number of methoxy groups -OCH3 is 2. The molecule has 24 heavy (non-hydrogen) atoms. The van der Waals surface area contributed by atoms with Crippen LogP contribution in [0.2, 0.25) is 0 Å². The van der Waals surface area contributed by atoms with Gasteiger partial charge in [-0.25, -0.2) is 0 Å². The predicted molar refractivity (Wildman–Crippen MR) is 91.7 cm³/mol. The van der Waals surface area contributed by atoms with Crippen LogP contribution in [0.5, 0.6) is 17.2 Å². The fourth-order valence-electron chi connectivity index (χ4n) is 2.70. The maximum absolute atomic E-state index is 5.66. The Labute approximate surface area is 142 Å². The van der Waals surface area contributed by atoms with E-state index in [9.17, 15) is 0 Å². The van der Waals surface area contributed by atoms with Crippen LogP contribution in [-0.2, 0) is 24.4 Å². The van der Waals surface area contributed by atoms with E-state index in [2.05, 4.69) is 29.6 Å². The first-order chi connectivity index (χ1) is 11.8. The molecule has 0 saturated heterocycles. The van der Waals surface area contributed by atoms with Gasteiger partial charge in [0.1, 0.15) is 13.2 Å². The fraction of sp³-hybridized carbons (Fsp3) is 0.368. The number of ether oxygens (including phenoxy) is 4. The van der Waals surface area contributed by atoms with Crippen molar-refractivity contribution in [3.05, 3.63) is 53.1 Å². The molecule has 0 spiro atoms. The van der Waals surface area contributed by atoms with Crippen LogP contribution in [0.25, 0.3) is 0 Å². The molecule has 2 aromatic rings. The summed E-state index contributed by atoms with van der Waals surface area (Å²) in [5.74, 6) is 2.16. The summed E-state index contributed by atoms with van der Waals surface area (Å²) in [6, 6.07) is 12.4. The minimum Gasteiger partial charge on any atom is -0.493 e. The average Bonchev–Trinajstić information content (AvgIpc) is 2.63. The summed E-state index contributed by atoms with van der Waals surface area (Å²) in [6.07, 6.45) is 0. The third-order valence-electron chi connectivity index (χ3n) is 3.88. The van der Waals surface area contributed by atoms with Crippen LogP contribution < -0.4 is 19.5 Å². The zero-order chi connectivity index (χ0) is 16.8. The van der Waals surface area contributed by atoms with Gasteiger partial charge in [0.15, 0.2) is 11.5 Å². The molecule has 0 atom stereocenters. The molecule has 3 rings (SSSR count). The van der Waals surface area contributed by atoms with Gasteiger partial charge in [-0.2, -0.15) is 0 Å². The van der Waals surface area contributed by atoms with Gasteiger partial charge in [-0.15, -0.1) is 0 Å². The molecule has 5 heteroatoms. The van der Waals surface area contributed by atoms with E-state index in [1.54, 1.807) is 14.2 Å². The molecule has 1 aliphatic rings. The van der Waals surface area contributed by atoms with E-state index in [0.29, 0.717) is 31.3 Å². The van der Waals surface area contributed by atoms with Gasteiger partial charge in [-0.3, -0.25) is 0 Å². The molecule has 0 fully saturated rings. The molecule has 128 valence electrons. The lowest BCUT2D eigenvalue weighted by molar-refractivity contribution is 0.165. The zero-order valence-electron chi connectivity index (χ0n) is 14.1. The van der Waals surface area contributed by atoms with Crippen LogP contribution in [0.15, 0.2) is 36.4 Å². The van der Waals surface area contributed by atoms with Crippen molar-refractivity contribution >= 4 is 0 Å². The highest BCUT2D eigenvalue weighted by atomic mass is 16.6. The lowest BCUT2D eigenvalue weighted by Gasteiger charge is -2.21. The minimum absolute atomic E-state index is 0.556. The quantitative estimate of drug-likeness (QED) is 0.846. The van der Waals surface area contributed by atoms with E-state index in [0.717, 1.165) is 24.4 Å². The lowest BCUT2D eigenvalue weighted by atomic mass is 10.1. The Bertz CT molecular complexity index is 653. The molecule has 5 nitrogen and oxygen atoms in total. The van der Waals surface area contributed by atoms with Gasteiger partial charge in [0, 0.05) is 20.2 Å². The maximum atomic E-state index is 5.66. The topological polar surface area (TPSA) is 49.0 Å². The van der Waals surface area contributed by atoms with Crippen molar-refractivity contribution < 1.29 is 18.9 Å². The third kappa shape index (κ3) is 3.99. The monoisotopic (exact) mass is 329 g/mol. The smallest absolute Gasteiger partial charge is 0.203 e. The molecule has 0 saturated carbocycles. The second-order valence-electron chi connectivity index (χ2n) is 5.68. The lowest BCUT2D eigenvalue weighted by Crippen LogP contribution is -2.17. The molecule has 0 aromatic heterocycles. The van der Waals surface area contributed by atoms with Gasteiger partial charge in [-0.1, -0.05) is 24.3 Å². The van der Waals surface area contributed by atoms with Crippen molar-refractivity contribution in [2.24, 2.45) is 0 Å². The third-order valence-corrected chi connectivity index (χ3v) is 3.88. The summed E-state index contributed by atoms with van der Waals surface area (Å²) >= 11 is 0. The number of rotatable bonds is 7. The number of nitrogens with one attached hydrogen (secondary N) is 1. The highest BCUT2D eigenvalue weighted by Crippen LogP contribution is 2.40. The van der Waals surface area contributed by atoms with Crippen LogP contribution in [0.3, 0.4) is 0 Å². The largest absolute Gasteiger partial charge is 0.493 e. The summed E-state index contributed by atoms with van der Waals surface area (Å²) < 4.78 is 21.8. The standard InChI is InChI=1S/C19H23NO4/c1-21-13-15-5-3-14(4-6-15)11-20-12-16-9-17(22-2)19-18(10-16)23-7-8-24-19/h3-6,9-10,20H,7-8,11-13H2,1-2H3. The Morgan fingerprint density at radius 2 is 1.62 bits per heavy atom. The van der Waals surface area contributed by atoms with Gasteiger partial charge in [0.05, 0.1) is 13.7 Å². The molecule has 1 heterocycles. The Morgan fingerprint density at radius 1 is 0.917 bits per heavy atom. The van der Waals surface area contributed by atoms with Crippen molar-refractivity contribution in [2.75, 3.05) is 27.4 Å². The summed E-state index contributed by atoms with van der Waals surface area (Å²) in [5, 5.41) is 3.44. The Hall–Kier alpha value is -2.24. The normalized spacial score (nSPS) is 12.9. The first-order valence-electron chi connectivity index (χ1n) is 8.04. The van der Waals surface area contributed by atoms with E-state index < -0.39 is 0 Å². The molecule has 0 amide bonds. The number of benzene rings is 2. The van der Waals surface area contributed by atoms with Gasteiger partial charge in [-0.05, 0) is 28.8 Å². The molecule has 0 bridgehead atoms. The SMILES string of the molecule is COCc1ccc(CNCc2cc(OC)c3c(c2)OCCO3)cc1. The predicted octanol–water partition coefficient (Wildman–Crippen LogP) is 2.90. The van der Waals surface area contributed by atoms with E-state index in [-0.39, 0.29) is 0 Å². The summed E-state index contributed by atoms with van der Waals surface area (Å²) in [5.41, 5.74) is 3.52. The van der Waals surface area contributed by atoms with Crippen LogP contribution in [0, 0.1) is 0 Å². The average molecular weight is 329 g/mol. The molecular formula is C19H23NO4. The molecule has 1 aliphatic heterocycles. The molecule has 2 aromatic carbocycles. The summed E-state index contributed by atoms with van der Waals surface area (Å²) in [6.45, 7) is 3.29. The van der Waals surface area contributed by atoms with E-state index in [4.69, 9.17) is 18.9 Å². The maximum Gasteiger partial charge on any atom is 0.203 e. The van der Waals surface area contributed by atoms with E-state index >= 15 is 0 Å². The first kappa shape index (κ1) is 16.6. The molecular weight excluding hydrogens is 306 g/mol. The second-order valence-corrected chi connectivity index (χ2v) is 5.68. The van der Waals surface area contributed by atoms with Gasteiger partial charge >= 0.3 is 0 Å². The highest BCUT2D eigenvalue weighted by Gasteiger charge is 2.18. The van der Waals surface area contributed by atoms with E-state index in [1.165, 1.54) is 11.1 Å². The van der Waals surface area contributed by atoms with Crippen molar-refractivity contribution in [1.82, 2.24) is 5.32 Å². The highest BCUT2D eigenvalue weighted by molar-refractivity contribution is 5.54. The number of hydrogen-bond donors (Lipinski definition) is 1. The Morgan fingerprint density at radius 3 is 2.38 bits per heavy atom. The Balaban J connectivity index is 1.60. The van der Waals surface area contributed by atoms with Gasteiger partial charge in [0.2, 0.25) is 5.75 Å². The Kier molecular flexibility index (Phi) is 5.56. The number of hydrogen-bond acceptors (Lipinski definition) is 5. The zero-order valence-corrected chi connectivity index (χ0v) is 14.1. The minimum atomic E-state index is 0.556. The first-order valence-corrected chi connectivity index (χ1v) is 8.04. The number of fused-ring (bicyclic) bond motifs is 1. The van der Waals surface area contributed by atoms with Crippen LogP contribution >= 0.6 is 0 Å². The van der Waals surface area contributed by atoms with Gasteiger partial charge < -0.3 is 24.3 Å². The van der Waals surface area contributed by atoms with Crippen molar-refractivity contribution in [1.29, 1.82) is 0 Å². The van der Waals surface area contributed by atoms with Crippen LogP contribution in [-0.4, -0.2) is 27.4 Å². The fourth-order valence-corrected chi connectivity index (χ4v) is 2.70. The molecule has 0 radical (unpaired) electrons. The van der Waals surface area contributed by atoms with Crippen LogP contribution in [0.4, 0.5) is 0 Å².